The highest BCUT2D eigenvalue weighted by atomic mass is 16.7. The maximum Gasteiger partial charge on any atom is 0.496 e. The lowest BCUT2D eigenvalue weighted by Crippen LogP contribution is -2.41. The molecule has 2 fully saturated rings. The number of aromatic amines is 1. The topological polar surface area (TPSA) is 34.2 Å². The molecule has 0 atom stereocenters. The number of aromatic nitrogens is 1. The van der Waals surface area contributed by atoms with Crippen molar-refractivity contribution in [1.82, 2.24) is 4.98 Å². The van der Waals surface area contributed by atoms with Gasteiger partial charge in [-0.3, -0.25) is 0 Å². The number of rotatable bonds is 2. The Bertz CT molecular complexity index is 418. The van der Waals surface area contributed by atoms with E-state index in [4.69, 9.17) is 9.31 Å². The molecule has 0 amide bonds. The van der Waals surface area contributed by atoms with Crippen molar-refractivity contribution in [2.45, 2.75) is 57.7 Å². The molecule has 0 unspecified atom stereocenters. The summed E-state index contributed by atoms with van der Waals surface area (Å²) in [5, 5.41) is 0. The highest BCUT2D eigenvalue weighted by Crippen LogP contribution is 2.41. The quantitative estimate of drug-likeness (QED) is 0.794. The predicted molar refractivity (Wildman–Crippen MR) is 68.5 cm³/mol. The van der Waals surface area contributed by atoms with E-state index in [1.54, 1.807) is 0 Å². The van der Waals surface area contributed by atoms with Gasteiger partial charge in [-0.1, -0.05) is 0 Å². The van der Waals surface area contributed by atoms with Gasteiger partial charge in [0.25, 0.3) is 0 Å². The first-order valence-corrected chi connectivity index (χ1v) is 6.43. The first-order chi connectivity index (χ1) is 7.91. The fourth-order valence-corrected chi connectivity index (χ4v) is 2.31. The van der Waals surface area contributed by atoms with Crippen LogP contribution in [0.4, 0.5) is 0 Å². The Hall–Kier alpha value is -0.735. The standard InChI is InChI=1S/C13H20BNO2/c1-12(2)13(3,4)17-14(16-12)11-8-15-7-10(11)9-5-6-9/h7-9,15H,5-6H2,1-4H3. The maximum atomic E-state index is 6.08. The first-order valence-electron chi connectivity index (χ1n) is 6.43. The Balaban J connectivity index is 1.89. The lowest BCUT2D eigenvalue weighted by molar-refractivity contribution is 0.00578. The van der Waals surface area contributed by atoms with Gasteiger partial charge in [0.15, 0.2) is 0 Å². The van der Waals surface area contributed by atoms with Crippen molar-refractivity contribution in [3.05, 3.63) is 18.0 Å². The van der Waals surface area contributed by atoms with Crippen LogP contribution >= 0.6 is 0 Å². The summed E-state index contributed by atoms with van der Waals surface area (Å²) in [6, 6.07) is 0. The second kappa shape index (κ2) is 3.39. The molecule has 0 bridgehead atoms. The van der Waals surface area contributed by atoms with E-state index >= 15 is 0 Å². The monoisotopic (exact) mass is 233 g/mol. The minimum Gasteiger partial charge on any atom is -0.399 e. The van der Waals surface area contributed by atoms with E-state index < -0.39 is 0 Å². The van der Waals surface area contributed by atoms with E-state index in [9.17, 15) is 0 Å². The molecule has 3 rings (SSSR count). The second-order valence-corrected chi connectivity index (χ2v) is 6.23. The van der Waals surface area contributed by atoms with Crippen LogP contribution in [0.5, 0.6) is 0 Å². The van der Waals surface area contributed by atoms with E-state index in [2.05, 4.69) is 38.9 Å². The molecular weight excluding hydrogens is 213 g/mol. The largest absolute Gasteiger partial charge is 0.496 e. The lowest BCUT2D eigenvalue weighted by atomic mass is 9.77. The summed E-state index contributed by atoms with van der Waals surface area (Å²) < 4.78 is 12.2. The van der Waals surface area contributed by atoms with Crippen molar-refractivity contribution >= 4 is 12.6 Å². The van der Waals surface area contributed by atoms with Crippen molar-refractivity contribution in [2.75, 3.05) is 0 Å². The highest BCUT2D eigenvalue weighted by molar-refractivity contribution is 6.62. The molecule has 0 spiro atoms. The first kappa shape index (κ1) is 11.4. The number of hydrogen-bond donors (Lipinski definition) is 1. The van der Waals surface area contributed by atoms with Crippen LogP contribution in [0, 0.1) is 0 Å². The summed E-state index contributed by atoms with van der Waals surface area (Å²) in [4.78, 5) is 3.19. The minimum atomic E-state index is -0.254. The van der Waals surface area contributed by atoms with Crippen molar-refractivity contribution < 1.29 is 9.31 Å². The molecule has 2 heterocycles. The Morgan fingerprint density at radius 3 is 2.24 bits per heavy atom. The second-order valence-electron chi connectivity index (χ2n) is 6.23. The van der Waals surface area contributed by atoms with Gasteiger partial charge in [0.1, 0.15) is 0 Å². The van der Waals surface area contributed by atoms with Crippen LogP contribution in [-0.2, 0) is 9.31 Å². The third kappa shape index (κ3) is 1.74. The van der Waals surface area contributed by atoms with Gasteiger partial charge in [-0.2, -0.15) is 0 Å². The van der Waals surface area contributed by atoms with E-state index in [-0.39, 0.29) is 18.3 Å². The Morgan fingerprint density at radius 2 is 1.71 bits per heavy atom. The Labute approximate surface area is 103 Å². The molecule has 1 N–H and O–H groups in total. The number of hydrogen-bond acceptors (Lipinski definition) is 2. The van der Waals surface area contributed by atoms with Crippen LogP contribution in [0.3, 0.4) is 0 Å². The summed E-state index contributed by atoms with van der Waals surface area (Å²) in [6.45, 7) is 8.37. The Kier molecular flexibility index (Phi) is 2.27. The molecule has 1 saturated heterocycles. The Morgan fingerprint density at radius 1 is 1.12 bits per heavy atom. The van der Waals surface area contributed by atoms with Crippen LogP contribution in [0.1, 0.15) is 52.0 Å². The van der Waals surface area contributed by atoms with Gasteiger partial charge in [-0.05, 0) is 52.0 Å². The molecule has 0 radical (unpaired) electrons. The maximum absolute atomic E-state index is 6.08. The summed E-state index contributed by atoms with van der Waals surface area (Å²) in [5.74, 6) is 0.718. The number of H-pyrrole nitrogens is 1. The third-order valence-electron chi connectivity index (χ3n) is 4.34. The van der Waals surface area contributed by atoms with E-state index in [1.165, 1.54) is 23.9 Å². The van der Waals surface area contributed by atoms with Gasteiger partial charge >= 0.3 is 7.12 Å². The molecule has 1 saturated carbocycles. The smallest absolute Gasteiger partial charge is 0.399 e. The molecule has 1 aliphatic heterocycles. The van der Waals surface area contributed by atoms with Gasteiger partial charge in [0.05, 0.1) is 11.2 Å². The zero-order valence-electron chi connectivity index (χ0n) is 11.0. The van der Waals surface area contributed by atoms with Crippen LogP contribution in [0.25, 0.3) is 0 Å². The molecule has 1 aliphatic carbocycles. The van der Waals surface area contributed by atoms with Crippen molar-refractivity contribution in [3.8, 4) is 0 Å². The summed E-state index contributed by atoms with van der Waals surface area (Å²) in [6.07, 6.45) is 6.71. The zero-order valence-corrected chi connectivity index (χ0v) is 11.0. The third-order valence-corrected chi connectivity index (χ3v) is 4.34. The average molecular weight is 233 g/mol. The highest BCUT2D eigenvalue weighted by Gasteiger charge is 2.52. The zero-order chi connectivity index (χ0) is 12.3. The van der Waals surface area contributed by atoms with Crippen molar-refractivity contribution in [1.29, 1.82) is 0 Å². The van der Waals surface area contributed by atoms with Gasteiger partial charge in [0.2, 0.25) is 0 Å². The van der Waals surface area contributed by atoms with Gasteiger partial charge < -0.3 is 14.3 Å². The van der Waals surface area contributed by atoms with Gasteiger partial charge in [-0.25, -0.2) is 0 Å². The van der Waals surface area contributed by atoms with Crippen LogP contribution in [-0.4, -0.2) is 23.3 Å². The average Bonchev–Trinajstić information content (AvgIpc) is 2.88. The lowest BCUT2D eigenvalue weighted by Gasteiger charge is -2.32. The number of nitrogens with one attached hydrogen (secondary N) is 1. The summed E-state index contributed by atoms with van der Waals surface area (Å²) >= 11 is 0. The molecule has 3 nitrogen and oxygen atoms in total. The van der Waals surface area contributed by atoms with Gasteiger partial charge in [-0.15, -0.1) is 0 Å². The van der Waals surface area contributed by atoms with E-state index in [0.29, 0.717) is 0 Å². The molecule has 92 valence electrons. The molecule has 4 heteroatoms. The fourth-order valence-electron chi connectivity index (χ4n) is 2.31. The summed E-state index contributed by atoms with van der Waals surface area (Å²) in [7, 11) is -0.221. The van der Waals surface area contributed by atoms with Crippen molar-refractivity contribution in [3.63, 3.8) is 0 Å². The summed E-state index contributed by atoms with van der Waals surface area (Å²) in [5.41, 5.74) is 2.06. The molecule has 2 aliphatic rings. The SMILES string of the molecule is CC1(C)OB(c2c[nH]cc2C2CC2)OC1(C)C. The molecule has 1 aromatic heterocycles. The van der Waals surface area contributed by atoms with Crippen molar-refractivity contribution in [2.24, 2.45) is 0 Å². The normalized spacial score (nSPS) is 26.5. The van der Waals surface area contributed by atoms with E-state index in [1.807, 2.05) is 6.20 Å². The van der Waals surface area contributed by atoms with E-state index in [0.717, 1.165) is 5.92 Å². The molecule has 17 heavy (non-hydrogen) atoms. The predicted octanol–water partition coefficient (Wildman–Crippen LogP) is 2.19. The molecule has 1 aromatic rings. The molecular formula is C13H20BNO2. The van der Waals surface area contributed by atoms with Crippen LogP contribution in [0.2, 0.25) is 0 Å². The molecule has 0 aromatic carbocycles. The van der Waals surface area contributed by atoms with Crippen LogP contribution < -0.4 is 5.46 Å². The minimum absolute atomic E-state index is 0.221. The van der Waals surface area contributed by atoms with Gasteiger partial charge in [0, 0.05) is 17.9 Å². The van der Waals surface area contributed by atoms with Crippen LogP contribution in [0.15, 0.2) is 12.4 Å². The fraction of sp³-hybridized carbons (Fsp3) is 0.692.